The number of rotatable bonds is 7. The van der Waals surface area contributed by atoms with E-state index in [1.165, 1.54) is 22.5 Å². The van der Waals surface area contributed by atoms with Gasteiger partial charge in [-0.2, -0.15) is 17.5 Å². The Morgan fingerprint density at radius 1 is 1.17 bits per heavy atom. The number of anilines is 1. The number of amides is 1. The van der Waals surface area contributed by atoms with E-state index >= 15 is 0 Å². The van der Waals surface area contributed by atoms with E-state index in [0.29, 0.717) is 29.6 Å². The van der Waals surface area contributed by atoms with Gasteiger partial charge in [0.2, 0.25) is 15.9 Å². The van der Waals surface area contributed by atoms with Gasteiger partial charge in [-0.1, -0.05) is 6.07 Å². The first kappa shape index (κ1) is 22.6. The van der Waals surface area contributed by atoms with Crippen LogP contribution >= 0.6 is 11.8 Å². The molecule has 162 valence electrons. The van der Waals surface area contributed by atoms with Gasteiger partial charge in [0.15, 0.2) is 0 Å². The number of hydrogen-bond acceptors (Lipinski definition) is 5. The van der Waals surface area contributed by atoms with Crippen molar-refractivity contribution in [1.82, 2.24) is 9.29 Å². The summed E-state index contributed by atoms with van der Waals surface area (Å²) in [5.41, 5.74) is -0.453. The molecule has 6 nitrogen and oxygen atoms in total. The van der Waals surface area contributed by atoms with Gasteiger partial charge in [-0.05, 0) is 43.2 Å². The molecule has 1 aromatic heterocycles. The lowest BCUT2D eigenvalue weighted by atomic mass is 10.3. The molecule has 0 unspecified atom stereocenters. The quantitative estimate of drug-likeness (QED) is 0.633. The number of nitrogens with zero attached hydrogens (tertiary/aromatic N) is 2. The molecule has 0 spiro atoms. The van der Waals surface area contributed by atoms with Crippen LogP contribution in [0.15, 0.2) is 52.5 Å². The van der Waals surface area contributed by atoms with Crippen molar-refractivity contribution in [3.05, 3.63) is 48.2 Å². The summed E-state index contributed by atoms with van der Waals surface area (Å²) in [5.74, 6) is -0.0131. The summed E-state index contributed by atoms with van der Waals surface area (Å²) in [5, 5.41) is 3.04. The molecule has 0 radical (unpaired) electrons. The van der Waals surface area contributed by atoms with Crippen LogP contribution in [-0.2, 0) is 21.0 Å². The highest BCUT2D eigenvalue weighted by Gasteiger charge is 2.30. The molecule has 11 heteroatoms. The average molecular weight is 460 g/mol. The highest BCUT2D eigenvalue weighted by atomic mass is 32.2. The van der Waals surface area contributed by atoms with Gasteiger partial charge in [0, 0.05) is 37.1 Å². The summed E-state index contributed by atoms with van der Waals surface area (Å²) in [6, 6.07) is 8.30. The van der Waals surface area contributed by atoms with E-state index in [-0.39, 0.29) is 17.2 Å². The highest BCUT2D eigenvalue weighted by Crippen LogP contribution is 2.29. The lowest BCUT2D eigenvalue weighted by Gasteiger charge is -2.16. The monoisotopic (exact) mass is 459 g/mol. The number of thioether (sulfide) groups is 1. The van der Waals surface area contributed by atoms with Gasteiger partial charge in [0.25, 0.3) is 0 Å². The molecule has 0 saturated carbocycles. The Labute approximate surface area is 176 Å². The zero-order valence-electron chi connectivity index (χ0n) is 15.9. The molecule has 1 aliphatic heterocycles. The first-order chi connectivity index (χ1) is 14.2. The minimum atomic E-state index is -4.44. The Balaban J connectivity index is 1.53. The van der Waals surface area contributed by atoms with Crippen LogP contribution in [0.25, 0.3) is 0 Å². The molecule has 0 aliphatic carbocycles. The van der Waals surface area contributed by atoms with Crippen molar-refractivity contribution in [3.8, 4) is 0 Å². The highest BCUT2D eigenvalue weighted by molar-refractivity contribution is 7.99. The van der Waals surface area contributed by atoms with Gasteiger partial charge in [0.1, 0.15) is 0 Å². The Kier molecular flexibility index (Phi) is 7.04. The molecule has 1 N–H and O–H groups in total. The zero-order valence-corrected chi connectivity index (χ0v) is 17.5. The maximum Gasteiger partial charge on any atom is 0.417 e. The normalized spacial score (nSPS) is 15.3. The van der Waals surface area contributed by atoms with Crippen LogP contribution in [0.2, 0.25) is 0 Å². The zero-order chi connectivity index (χ0) is 21.8. The molecule has 2 aromatic rings. The molecular formula is C19H20F3N3O3S2. The van der Waals surface area contributed by atoms with Gasteiger partial charge in [0.05, 0.1) is 15.5 Å². The Hall–Kier alpha value is -2.11. The Bertz CT molecular complexity index is 990. The lowest BCUT2D eigenvalue weighted by Crippen LogP contribution is -2.27. The second-order valence-electron chi connectivity index (χ2n) is 6.67. The Morgan fingerprint density at radius 3 is 2.53 bits per heavy atom. The van der Waals surface area contributed by atoms with E-state index in [1.54, 1.807) is 12.1 Å². The summed E-state index contributed by atoms with van der Waals surface area (Å²) in [6.45, 7) is 0.988. The molecule has 1 aromatic carbocycles. The van der Waals surface area contributed by atoms with Crippen LogP contribution in [0.1, 0.15) is 24.8 Å². The van der Waals surface area contributed by atoms with Crippen LogP contribution in [0.5, 0.6) is 0 Å². The summed E-state index contributed by atoms with van der Waals surface area (Å²) in [4.78, 5) is 16.0. The molecule has 0 atom stereocenters. The maximum atomic E-state index is 12.6. The van der Waals surface area contributed by atoms with E-state index in [4.69, 9.17) is 0 Å². The summed E-state index contributed by atoms with van der Waals surface area (Å²) >= 11 is 1.16. The predicted molar refractivity (Wildman–Crippen MR) is 108 cm³/mol. The van der Waals surface area contributed by atoms with Gasteiger partial charge >= 0.3 is 6.18 Å². The van der Waals surface area contributed by atoms with E-state index in [1.807, 2.05) is 0 Å². The summed E-state index contributed by atoms with van der Waals surface area (Å²) in [7, 11) is -3.57. The molecule has 1 fully saturated rings. The number of carbonyl (C=O) groups excluding carboxylic acids is 1. The fourth-order valence-electron chi connectivity index (χ4n) is 2.92. The number of pyridine rings is 1. The molecule has 30 heavy (non-hydrogen) atoms. The van der Waals surface area contributed by atoms with Crippen LogP contribution in [0, 0.1) is 0 Å². The third kappa shape index (κ3) is 5.73. The fourth-order valence-corrected chi connectivity index (χ4v) is 5.27. The number of halogens is 3. The van der Waals surface area contributed by atoms with Crippen LogP contribution in [-0.4, -0.2) is 42.5 Å². The van der Waals surface area contributed by atoms with Crippen molar-refractivity contribution >= 4 is 33.4 Å². The minimum absolute atomic E-state index is 0.0937. The fraction of sp³-hybridized carbons (Fsp3) is 0.368. The molecule has 3 rings (SSSR count). The smallest absolute Gasteiger partial charge is 0.326 e. The van der Waals surface area contributed by atoms with Crippen molar-refractivity contribution < 1.29 is 26.4 Å². The average Bonchev–Trinajstić information content (AvgIpc) is 3.24. The van der Waals surface area contributed by atoms with Crippen molar-refractivity contribution in [2.24, 2.45) is 0 Å². The SMILES string of the molecule is O=C(CCSc1ccc(C(F)(F)F)cn1)Nc1cccc(S(=O)(=O)N2CCCC2)c1. The molecule has 1 saturated heterocycles. The second-order valence-corrected chi connectivity index (χ2v) is 9.72. The topological polar surface area (TPSA) is 79.4 Å². The van der Waals surface area contributed by atoms with E-state index in [2.05, 4.69) is 10.3 Å². The summed E-state index contributed by atoms with van der Waals surface area (Å²) in [6.07, 6.45) is -1.92. The first-order valence-electron chi connectivity index (χ1n) is 9.22. The van der Waals surface area contributed by atoms with Gasteiger partial charge in [-0.25, -0.2) is 13.4 Å². The molecule has 1 aliphatic rings. The summed E-state index contributed by atoms with van der Waals surface area (Å²) < 4.78 is 64.3. The molecule has 1 amide bonds. The number of nitrogens with one attached hydrogen (secondary N) is 1. The number of benzene rings is 1. The van der Waals surface area contributed by atoms with Crippen LogP contribution in [0.3, 0.4) is 0 Å². The Morgan fingerprint density at radius 2 is 1.90 bits per heavy atom. The predicted octanol–water partition coefficient (Wildman–Crippen LogP) is 4.01. The van der Waals surface area contributed by atoms with Gasteiger partial charge in [-0.3, -0.25) is 4.79 Å². The van der Waals surface area contributed by atoms with E-state index in [9.17, 15) is 26.4 Å². The van der Waals surface area contributed by atoms with Crippen LogP contribution in [0.4, 0.5) is 18.9 Å². The molecule has 0 bridgehead atoms. The first-order valence-corrected chi connectivity index (χ1v) is 11.6. The van der Waals surface area contributed by atoms with Crippen molar-refractivity contribution in [2.45, 2.75) is 35.4 Å². The largest absolute Gasteiger partial charge is 0.417 e. The van der Waals surface area contributed by atoms with E-state index < -0.39 is 21.8 Å². The number of sulfonamides is 1. The standard InChI is InChI=1S/C19H20F3N3O3S2/c20-19(21,22)14-6-7-18(23-13-14)29-11-8-17(26)24-15-4-3-5-16(12-15)30(27,28)25-9-1-2-10-25/h3-7,12-13H,1-2,8-11H2,(H,24,26). The third-order valence-electron chi connectivity index (χ3n) is 4.46. The lowest BCUT2D eigenvalue weighted by molar-refractivity contribution is -0.137. The van der Waals surface area contributed by atoms with E-state index in [0.717, 1.165) is 36.9 Å². The molecule has 2 heterocycles. The second kappa shape index (κ2) is 9.36. The molecular weight excluding hydrogens is 439 g/mol. The van der Waals surface area contributed by atoms with Crippen molar-refractivity contribution in [1.29, 1.82) is 0 Å². The minimum Gasteiger partial charge on any atom is -0.326 e. The maximum absolute atomic E-state index is 12.6. The third-order valence-corrected chi connectivity index (χ3v) is 7.30. The van der Waals surface area contributed by atoms with Crippen molar-refractivity contribution in [3.63, 3.8) is 0 Å². The number of carbonyl (C=O) groups is 1. The number of hydrogen-bond donors (Lipinski definition) is 1. The van der Waals surface area contributed by atoms with Gasteiger partial charge < -0.3 is 5.32 Å². The van der Waals surface area contributed by atoms with Crippen LogP contribution < -0.4 is 5.32 Å². The van der Waals surface area contributed by atoms with Gasteiger partial charge in [-0.15, -0.1) is 11.8 Å². The van der Waals surface area contributed by atoms with Crippen molar-refractivity contribution in [2.75, 3.05) is 24.2 Å². The number of alkyl halides is 3. The number of aromatic nitrogens is 1.